The molecule has 1 saturated heterocycles. The molecule has 1 aliphatic heterocycles. The molecule has 1 heterocycles. The van der Waals surface area contributed by atoms with Crippen LogP contribution in [0.1, 0.15) is 26.2 Å². The van der Waals surface area contributed by atoms with Crippen LogP contribution in [0.2, 0.25) is 0 Å². The number of rotatable bonds is 8. The molecule has 1 amide bonds. The zero-order chi connectivity index (χ0) is 22.0. The first-order valence-corrected chi connectivity index (χ1v) is 11.8. The van der Waals surface area contributed by atoms with Crippen molar-refractivity contribution in [1.29, 1.82) is 0 Å². The number of nitro groups is 1. The van der Waals surface area contributed by atoms with E-state index in [1.165, 1.54) is 14.1 Å². The number of nitrogens with zero attached hydrogens (tertiary/aromatic N) is 3. The first-order valence-electron chi connectivity index (χ1n) is 8.95. The number of nitro benzene ring substituents is 1. The van der Waals surface area contributed by atoms with Crippen LogP contribution in [0, 0.1) is 10.1 Å². The van der Waals surface area contributed by atoms with Crippen LogP contribution < -0.4 is 5.32 Å². The molecule has 1 aliphatic rings. The van der Waals surface area contributed by atoms with Crippen LogP contribution in [-0.2, 0) is 24.8 Å². The fourth-order valence-corrected chi connectivity index (χ4v) is 5.73. The van der Waals surface area contributed by atoms with Crippen molar-refractivity contribution < 1.29 is 26.6 Å². The van der Waals surface area contributed by atoms with Crippen molar-refractivity contribution >= 4 is 31.6 Å². The summed E-state index contributed by atoms with van der Waals surface area (Å²) in [4.78, 5) is 21.9. The highest BCUT2D eigenvalue weighted by molar-refractivity contribution is 7.89. The number of benzene rings is 1. The second-order valence-electron chi connectivity index (χ2n) is 6.74. The predicted octanol–water partition coefficient (Wildman–Crippen LogP) is 0.524. The molecule has 0 bridgehead atoms. The third kappa shape index (κ3) is 4.57. The van der Waals surface area contributed by atoms with Gasteiger partial charge in [0.2, 0.25) is 15.9 Å². The van der Waals surface area contributed by atoms with E-state index in [9.17, 15) is 31.7 Å². The summed E-state index contributed by atoms with van der Waals surface area (Å²) in [5, 5.41) is 14.2. The molecule has 1 aromatic rings. The maximum atomic E-state index is 13.1. The fourth-order valence-electron chi connectivity index (χ4n) is 3.01. The highest BCUT2D eigenvalue weighted by atomic mass is 32.2. The minimum atomic E-state index is -4.39. The van der Waals surface area contributed by atoms with Crippen LogP contribution in [0.15, 0.2) is 28.0 Å². The molecular weight excluding hydrogens is 424 g/mol. The number of sulfonamides is 2. The Bertz CT molecular complexity index is 1010. The lowest BCUT2D eigenvalue weighted by atomic mass is 10.2. The van der Waals surface area contributed by atoms with E-state index in [2.05, 4.69) is 5.32 Å². The van der Waals surface area contributed by atoms with Crippen LogP contribution in [0.4, 0.5) is 5.69 Å². The van der Waals surface area contributed by atoms with Gasteiger partial charge in [0.1, 0.15) is 6.04 Å². The second-order valence-corrected chi connectivity index (χ2v) is 10.7. The van der Waals surface area contributed by atoms with Gasteiger partial charge in [-0.25, -0.2) is 21.1 Å². The first-order chi connectivity index (χ1) is 13.4. The molecule has 29 heavy (non-hydrogen) atoms. The van der Waals surface area contributed by atoms with Gasteiger partial charge in [-0.2, -0.15) is 4.31 Å². The van der Waals surface area contributed by atoms with Gasteiger partial charge in [0, 0.05) is 33.3 Å². The minimum Gasteiger partial charge on any atom is -0.355 e. The van der Waals surface area contributed by atoms with Crippen LogP contribution >= 0.6 is 0 Å². The number of nitrogens with one attached hydrogen (secondary N) is 1. The quantitative estimate of drug-likeness (QED) is 0.450. The lowest BCUT2D eigenvalue weighted by Gasteiger charge is -2.23. The van der Waals surface area contributed by atoms with Crippen molar-refractivity contribution in [1.82, 2.24) is 13.9 Å². The molecule has 2 rings (SSSR count). The monoisotopic (exact) mass is 448 g/mol. The van der Waals surface area contributed by atoms with Gasteiger partial charge in [0.25, 0.3) is 15.7 Å². The van der Waals surface area contributed by atoms with E-state index in [-0.39, 0.29) is 6.54 Å². The summed E-state index contributed by atoms with van der Waals surface area (Å²) in [5.41, 5.74) is -0.854. The van der Waals surface area contributed by atoms with E-state index in [0.29, 0.717) is 25.8 Å². The molecule has 1 fully saturated rings. The summed E-state index contributed by atoms with van der Waals surface area (Å²) in [6, 6.07) is 1.68. The van der Waals surface area contributed by atoms with Gasteiger partial charge in [0.15, 0.2) is 4.90 Å². The lowest BCUT2D eigenvalue weighted by molar-refractivity contribution is -0.388. The van der Waals surface area contributed by atoms with E-state index in [0.717, 1.165) is 26.8 Å². The topological polar surface area (TPSA) is 147 Å². The lowest BCUT2D eigenvalue weighted by Crippen LogP contribution is -2.46. The van der Waals surface area contributed by atoms with Gasteiger partial charge >= 0.3 is 0 Å². The number of carbonyl (C=O) groups is 1. The molecule has 0 saturated carbocycles. The zero-order valence-electron chi connectivity index (χ0n) is 16.4. The second kappa shape index (κ2) is 8.73. The summed E-state index contributed by atoms with van der Waals surface area (Å²) in [6.45, 7) is 2.29. The van der Waals surface area contributed by atoms with E-state index in [1.807, 2.05) is 6.92 Å². The van der Waals surface area contributed by atoms with Crippen LogP contribution in [0.25, 0.3) is 0 Å². The van der Waals surface area contributed by atoms with Crippen LogP contribution in [0.3, 0.4) is 0 Å². The molecule has 11 nitrogen and oxygen atoms in total. The molecule has 0 spiro atoms. The number of amides is 1. The van der Waals surface area contributed by atoms with Crippen molar-refractivity contribution in [2.24, 2.45) is 0 Å². The minimum absolute atomic E-state index is 0.0431. The SMILES string of the molecule is CCCNC(=O)[C@@H]1CCCN1S(=O)(=O)c1ccc(S(=O)(=O)N(C)C)cc1[N+](=O)[O-]. The third-order valence-electron chi connectivity index (χ3n) is 4.55. The molecule has 1 atom stereocenters. The molecule has 0 aromatic heterocycles. The highest BCUT2D eigenvalue weighted by Crippen LogP contribution is 2.33. The molecule has 0 aliphatic carbocycles. The average molecular weight is 449 g/mol. The van der Waals surface area contributed by atoms with Gasteiger partial charge in [-0.15, -0.1) is 0 Å². The van der Waals surface area contributed by atoms with Crippen molar-refractivity contribution in [3.63, 3.8) is 0 Å². The van der Waals surface area contributed by atoms with E-state index < -0.39 is 52.4 Å². The molecule has 0 unspecified atom stereocenters. The largest absolute Gasteiger partial charge is 0.355 e. The Labute approximate surface area is 169 Å². The Morgan fingerprint density at radius 1 is 1.31 bits per heavy atom. The molecule has 13 heteroatoms. The maximum absolute atomic E-state index is 13.1. The van der Waals surface area contributed by atoms with E-state index >= 15 is 0 Å². The van der Waals surface area contributed by atoms with Crippen molar-refractivity contribution in [2.75, 3.05) is 27.2 Å². The summed E-state index contributed by atoms with van der Waals surface area (Å²) in [6.07, 6.45) is 1.42. The smallest absolute Gasteiger partial charge is 0.290 e. The Hall–Kier alpha value is -2.09. The molecule has 1 N–H and O–H groups in total. The molecular formula is C16H24N4O7S2. The summed E-state index contributed by atoms with van der Waals surface area (Å²) >= 11 is 0. The number of carbonyl (C=O) groups excluding carboxylic acids is 1. The maximum Gasteiger partial charge on any atom is 0.290 e. The zero-order valence-corrected chi connectivity index (χ0v) is 18.0. The van der Waals surface area contributed by atoms with Crippen LogP contribution in [0.5, 0.6) is 0 Å². The van der Waals surface area contributed by atoms with Crippen molar-refractivity contribution in [2.45, 2.75) is 42.0 Å². The average Bonchev–Trinajstić information content (AvgIpc) is 3.16. The summed E-state index contributed by atoms with van der Waals surface area (Å²) < 4.78 is 52.6. The molecule has 1 aromatic carbocycles. The van der Waals surface area contributed by atoms with Gasteiger partial charge in [-0.1, -0.05) is 6.92 Å². The predicted molar refractivity (Wildman–Crippen MR) is 104 cm³/mol. The van der Waals surface area contributed by atoms with Crippen LogP contribution in [-0.4, -0.2) is 69.5 Å². The fraction of sp³-hybridized carbons (Fsp3) is 0.562. The van der Waals surface area contributed by atoms with Crippen molar-refractivity contribution in [3.8, 4) is 0 Å². The molecule has 162 valence electrons. The Kier molecular flexibility index (Phi) is 6.98. The van der Waals surface area contributed by atoms with Gasteiger partial charge in [-0.05, 0) is 31.4 Å². The Morgan fingerprint density at radius 3 is 2.52 bits per heavy atom. The Morgan fingerprint density at radius 2 is 1.97 bits per heavy atom. The number of hydrogen-bond donors (Lipinski definition) is 1. The third-order valence-corrected chi connectivity index (χ3v) is 8.31. The van der Waals surface area contributed by atoms with Gasteiger partial charge in [0.05, 0.1) is 9.82 Å². The van der Waals surface area contributed by atoms with E-state index in [1.54, 1.807) is 0 Å². The van der Waals surface area contributed by atoms with Gasteiger partial charge < -0.3 is 5.32 Å². The number of hydrogen-bond acceptors (Lipinski definition) is 7. The highest BCUT2D eigenvalue weighted by Gasteiger charge is 2.42. The summed E-state index contributed by atoms with van der Waals surface area (Å²) in [7, 11) is -5.87. The van der Waals surface area contributed by atoms with Crippen molar-refractivity contribution in [3.05, 3.63) is 28.3 Å². The Balaban J connectivity index is 2.52. The molecule has 0 radical (unpaired) electrons. The summed E-state index contributed by atoms with van der Waals surface area (Å²) in [5.74, 6) is -0.456. The first kappa shape index (κ1) is 23.2. The van der Waals surface area contributed by atoms with E-state index in [4.69, 9.17) is 0 Å². The van der Waals surface area contributed by atoms with Gasteiger partial charge in [-0.3, -0.25) is 14.9 Å². The normalized spacial score (nSPS) is 18.1. The standard InChI is InChI=1S/C16H24N4O7S2/c1-4-9-17-16(21)13-6-5-10-19(13)29(26,27)15-8-7-12(11-14(15)20(22)23)28(24,25)18(2)3/h7-8,11,13H,4-6,9-10H2,1-3H3,(H,17,21)/t13-/m0/s1.